The van der Waals surface area contributed by atoms with Gasteiger partial charge in [-0.25, -0.2) is 15.0 Å². The van der Waals surface area contributed by atoms with E-state index < -0.39 is 0 Å². The summed E-state index contributed by atoms with van der Waals surface area (Å²) < 4.78 is 0. The lowest BCUT2D eigenvalue weighted by molar-refractivity contribution is 1.08. The normalized spacial score (nSPS) is 11.3. The molecule has 10 aromatic carbocycles. The van der Waals surface area contributed by atoms with Crippen molar-refractivity contribution in [1.82, 2.24) is 15.0 Å². The zero-order valence-corrected chi connectivity index (χ0v) is 32.4. The summed E-state index contributed by atoms with van der Waals surface area (Å²) >= 11 is 0. The van der Waals surface area contributed by atoms with Gasteiger partial charge in [-0.15, -0.1) is 0 Å². The molecule has 0 saturated carbocycles. The summed E-state index contributed by atoms with van der Waals surface area (Å²) in [6.07, 6.45) is 0. The molecule has 0 aliphatic carbocycles. The highest BCUT2D eigenvalue weighted by Gasteiger charge is 2.23. The topological polar surface area (TPSA) is 62.5 Å². The summed E-state index contributed by atoms with van der Waals surface area (Å²) in [6.45, 7) is 0. The van der Waals surface area contributed by atoms with Gasteiger partial charge in [-0.2, -0.15) is 5.26 Å². The van der Waals surface area contributed by atoms with Crippen LogP contribution < -0.4 is 0 Å². The Labute approximate surface area is 347 Å². The molecule has 0 amide bonds. The van der Waals surface area contributed by atoms with Gasteiger partial charge < -0.3 is 0 Å². The molecule has 0 aliphatic heterocycles. The van der Waals surface area contributed by atoms with E-state index in [1.165, 1.54) is 27.1 Å². The van der Waals surface area contributed by atoms with Crippen molar-refractivity contribution < 1.29 is 0 Å². The predicted molar refractivity (Wildman–Crippen MR) is 247 cm³/mol. The van der Waals surface area contributed by atoms with Crippen LogP contribution in [-0.4, -0.2) is 15.0 Å². The molecule has 0 atom stereocenters. The first-order valence-corrected chi connectivity index (χ1v) is 20.1. The second-order valence-corrected chi connectivity index (χ2v) is 15.1. The zero-order chi connectivity index (χ0) is 40.0. The van der Waals surface area contributed by atoms with E-state index in [9.17, 15) is 5.26 Å². The van der Waals surface area contributed by atoms with E-state index in [1.54, 1.807) is 0 Å². The van der Waals surface area contributed by atoms with Crippen molar-refractivity contribution in [2.24, 2.45) is 0 Å². The second kappa shape index (κ2) is 14.6. The van der Waals surface area contributed by atoms with E-state index >= 15 is 0 Å². The molecule has 4 heteroatoms. The van der Waals surface area contributed by atoms with E-state index in [2.05, 4.69) is 170 Å². The summed E-state index contributed by atoms with van der Waals surface area (Å²) in [7, 11) is 0. The van der Waals surface area contributed by atoms with Crippen molar-refractivity contribution in [2.45, 2.75) is 0 Å². The summed E-state index contributed by atoms with van der Waals surface area (Å²) in [6, 6.07) is 74.1. The molecule has 1 aromatic heterocycles. The van der Waals surface area contributed by atoms with E-state index in [-0.39, 0.29) is 0 Å². The molecule has 1 heterocycles. The van der Waals surface area contributed by atoms with Gasteiger partial charge in [0.1, 0.15) is 0 Å². The Morgan fingerprint density at radius 3 is 1.70 bits per heavy atom. The quantitative estimate of drug-likeness (QED) is 0.125. The lowest BCUT2D eigenvalue weighted by Crippen LogP contribution is -2.02. The summed E-state index contributed by atoms with van der Waals surface area (Å²) in [5, 5.41) is 18.6. The van der Waals surface area contributed by atoms with Crippen LogP contribution in [0.1, 0.15) is 5.56 Å². The van der Waals surface area contributed by atoms with Crippen LogP contribution in [0.25, 0.3) is 111 Å². The minimum Gasteiger partial charge on any atom is -0.208 e. The smallest absolute Gasteiger partial charge is 0.165 e. The average molecular weight is 763 g/mol. The highest BCUT2D eigenvalue weighted by Crippen LogP contribution is 2.46. The number of fused-ring (bicyclic) bond motifs is 5. The number of hydrogen-bond donors (Lipinski definition) is 0. The van der Waals surface area contributed by atoms with Gasteiger partial charge in [0.25, 0.3) is 0 Å². The molecule has 0 saturated heterocycles. The summed E-state index contributed by atoms with van der Waals surface area (Å²) in [5.41, 5.74) is 9.85. The fraction of sp³-hybridized carbons (Fsp3) is 0. The Hall–Kier alpha value is -8.26. The molecule has 0 unspecified atom stereocenters. The average Bonchev–Trinajstić information content (AvgIpc) is 3.33. The number of rotatable bonds is 6. The van der Waals surface area contributed by atoms with Crippen molar-refractivity contribution in [3.63, 3.8) is 0 Å². The van der Waals surface area contributed by atoms with E-state index in [0.29, 0.717) is 23.0 Å². The maximum Gasteiger partial charge on any atom is 0.165 e. The molecule has 11 rings (SSSR count). The fourth-order valence-electron chi connectivity index (χ4n) is 8.69. The van der Waals surface area contributed by atoms with Gasteiger partial charge >= 0.3 is 0 Å². The maximum atomic E-state index is 9.45. The van der Waals surface area contributed by atoms with Crippen molar-refractivity contribution in [3.05, 3.63) is 212 Å². The van der Waals surface area contributed by atoms with Gasteiger partial charge in [0, 0.05) is 16.7 Å². The highest BCUT2D eigenvalue weighted by molar-refractivity contribution is 6.27. The monoisotopic (exact) mass is 762 g/mol. The Bertz CT molecular complexity index is 3490. The van der Waals surface area contributed by atoms with Gasteiger partial charge in [0.2, 0.25) is 0 Å². The van der Waals surface area contributed by atoms with Crippen molar-refractivity contribution >= 4 is 43.1 Å². The van der Waals surface area contributed by atoms with Crippen LogP contribution in [0, 0.1) is 11.3 Å². The van der Waals surface area contributed by atoms with Gasteiger partial charge in [-0.3, -0.25) is 0 Å². The van der Waals surface area contributed by atoms with Crippen molar-refractivity contribution in [3.8, 4) is 73.6 Å². The van der Waals surface area contributed by atoms with Crippen LogP contribution in [0.4, 0.5) is 0 Å². The Morgan fingerprint density at radius 1 is 0.317 bits per heavy atom. The predicted octanol–water partition coefficient (Wildman–Crippen LogP) is 14.4. The first kappa shape index (κ1) is 34.9. The molecule has 4 nitrogen and oxygen atoms in total. The molecule has 0 bridgehead atoms. The Morgan fingerprint density at radius 2 is 0.900 bits per heavy atom. The third-order valence-electron chi connectivity index (χ3n) is 11.5. The molecule has 0 radical (unpaired) electrons. The van der Waals surface area contributed by atoms with Gasteiger partial charge in [0.15, 0.2) is 17.5 Å². The van der Waals surface area contributed by atoms with Crippen LogP contribution in [0.3, 0.4) is 0 Å². The first-order chi connectivity index (χ1) is 29.7. The van der Waals surface area contributed by atoms with Crippen LogP contribution >= 0.6 is 0 Å². The molecule has 11 aromatic rings. The summed E-state index contributed by atoms with van der Waals surface area (Å²) in [4.78, 5) is 16.2. The Kier molecular flexibility index (Phi) is 8.50. The summed E-state index contributed by atoms with van der Waals surface area (Å²) in [5.74, 6) is 1.77. The first-order valence-electron chi connectivity index (χ1n) is 20.1. The van der Waals surface area contributed by atoms with E-state index in [1.807, 2.05) is 42.5 Å². The van der Waals surface area contributed by atoms with Crippen LogP contribution in [0.15, 0.2) is 206 Å². The van der Waals surface area contributed by atoms with Crippen LogP contribution in [-0.2, 0) is 0 Å². The van der Waals surface area contributed by atoms with E-state index in [0.717, 1.165) is 66.1 Å². The third kappa shape index (κ3) is 6.05. The number of aromatic nitrogens is 3. The fourth-order valence-corrected chi connectivity index (χ4v) is 8.69. The van der Waals surface area contributed by atoms with Gasteiger partial charge in [-0.1, -0.05) is 182 Å². The molecular formula is C56H34N4. The number of nitrogens with zero attached hydrogens (tertiary/aromatic N) is 4. The molecule has 60 heavy (non-hydrogen) atoms. The number of nitriles is 1. The molecular weight excluding hydrogens is 729 g/mol. The van der Waals surface area contributed by atoms with Crippen molar-refractivity contribution in [2.75, 3.05) is 0 Å². The molecule has 0 aliphatic rings. The third-order valence-corrected chi connectivity index (χ3v) is 11.5. The van der Waals surface area contributed by atoms with E-state index in [4.69, 9.17) is 15.0 Å². The molecule has 0 spiro atoms. The Balaban J connectivity index is 1.23. The van der Waals surface area contributed by atoms with Crippen LogP contribution in [0.5, 0.6) is 0 Å². The van der Waals surface area contributed by atoms with Gasteiger partial charge in [0.05, 0.1) is 11.6 Å². The molecule has 0 fully saturated rings. The van der Waals surface area contributed by atoms with Gasteiger partial charge in [-0.05, 0) is 101 Å². The van der Waals surface area contributed by atoms with Crippen molar-refractivity contribution in [1.29, 1.82) is 5.26 Å². The molecule has 0 N–H and O–H groups in total. The largest absolute Gasteiger partial charge is 0.208 e. The zero-order valence-electron chi connectivity index (χ0n) is 32.4. The minimum atomic E-state index is 0.574. The van der Waals surface area contributed by atoms with Crippen LogP contribution in [0.2, 0.25) is 0 Å². The SMILES string of the molecule is N#Cc1ccc(-c2cccc(-c3nc(-c4ccccc4-c4ccccc4)nc(-c4c5ccccc5c(-c5ccc6ccccc6c5)c5c4ccc4ccccc45)n3)c2)cc1. The highest BCUT2D eigenvalue weighted by atomic mass is 15.0. The standard InChI is InChI=1S/C56H34N4/c57-35-36-25-27-38(28-26-36)42-18-12-19-44(34-42)54-58-55(49-24-11-8-20-45(49)39-14-2-1-3-15-39)60-56(59-54)53-48-23-10-9-22-47(48)51(43-30-29-37-13-4-5-17-41(37)33-43)52-46-21-7-6-16-40(46)31-32-50(52)53/h1-34H. The lowest BCUT2D eigenvalue weighted by atomic mass is 9.85. The number of benzene rings is 10. The minimum absolute atomic E-state index is 0.574. The maximum absolute atomic E-state index is 9.45. The second-order valence-electron chi connectivity index (χ2n) is 15.1. The molecule has 278 valence electrons. The lowest BCUT2D eigenvalue weighted by Gasteiger charge is -2.19. The number of hydrogen-bond acceptors (Lipinski definition) is 4.